The first kappa shape index (κ1) is 20.0. The predicted octanol–water partition coefficient (Wildman–Crippen LogP) is 5.59. The highest BCUT2D eigenvalue weighted by Crippen LogP contribution is 2.40. The maximum absolute atomic E-state index is 12.9. The number of aromatic amines is 1. The van der Waals surface area contributed by atoms with Crippen LogP contribution in [-0.2, 0) is 4.74 Å². The lowest BCUT2D eigenvalue weighted by atomic mass is 9.70. The summed E-state index contributed by atoms with van der Waals surface area (Å²) < 4.78 is 6.17. The Balaban J connectivity index is 2.17. The van der Waals surface area contributed by atoms with Gasteiger partial charge >= 0.3 is 5.97 Å². The van der Waals surface area contributed by atoms with Gasteiger partial charge < -0.3 is 4.74 Å². The number of aromatic nitrogens is 2. The highest BCUT2D eigenvalue weighted by Gasteiger charge is 2.38. The summed E-state index contributed by atoms with van der Waals surface area (Å²) in [5, 5.41) is 7.06. The smallest absolute Gasteiger partial charge is 0.342 e. The van der Waals surface area contributed by atoms with Gasteiger partial charge in [0.2, 0.25) is 0 Å². The van der Waals surface area contributed by atoms with Gasteiger partial charge in [-0.2, -0.15) is 5.10 Å². The first-order valence-electron chi connectivity index (χ1n) is 10.2. The lowest BCUT2D eigenvalue weighted by Crippen LogP contribution is -2.40. The average Bonchev–Trinajstić information content (AvgIpc) is 2.91. The number of unbranched alkanes of at least 4 members (excludes halogenated alkanes) is 2. The number of aryl methyl sites for hydroxylation is 2. The van der Waals surface area contributed by atoms with E-state index in [1.54, 1.807) is 0 Å². The molecular formula is C21H36N2O2. The van der Waals surface area contributed by atoms with Crippen molar-refractivity contribution in [1.82, 2.24) is 10.2 Å². The molecule has 1 aliphatic rings. The molecule has 4 heteroatoms. The van der Waals surface area contributed by atoms with E-state index in [1.165, 1.54) is 51.4 Å². The standard InChI is InChI=1S/C21H36N2O2/c1-6-8-10-17-12-14(3)13-18(11-9-7-2)20(17)25-21(24)19-15(4)22-23-16(19)5/h14,17-18,20H,6-13H2,1-5H3,(H,22,23). The predicted molar refractivity (Wildman–Crippen MR) is 102 cm³/mol. The van der Waals surface area contributed by atoms with Crippen molar-refractivity contribution in [2.75, 3.05) is 0 Å². The summed E-state index contributed by atoms with van der Waals surface area (Å²) in [5.74, 6) is 1.55. The summed E-state index contributed by atoms with van der Waals surface area (Å²) in [7, 11) is 0. The van der Waals surface area contributed by atoms with Gasteiger partial charge in [-0.3, -0.25) is 5.10 Å². The fraction of sp³-hybridized carbons (Fsp3) is 0.810. The van der Waals surface area contributed by atoms with Crippen LogP contribution in [0.25, 0.3) is 0 Å². The summed E-state index contributed by atoms with van der Waals surface area (Å²) in [6, 6.07) is 0. The molecule has 0 bridgehead atoms. The quantitative estimate of drug-likeness (QED) is 0.623. The van der Waals surface area contributed by atoms with Crippen LogP contribution in [0.4, 0.5) is 0 Å². The van der Waals surface area contributed by atoms with E-state index in [0.717, 1.165) is 17.3 Å². The number of ether oxygens (including phenoxy) is 1. The van der Waals surface area contributed by atoms with E-state index in [4.69, 9.17) is 4.74 Å². The number of hydrogen-bond donors (Lipinski definition) is 1. The summed E-state index contributed by atoms with van der Waals surface area (Å²) in [6.07, 6.45) is 9.61. The zero-order chi connectivity index (χ0) is 18.4. The number of rotatable bonds is 8. The third-order valence-corrected chi connectivity index (χ3v) is 5.77. The highest BCUT2D eigenvalue weighted by molar-refractivity contribution is 5.91. The van der Waals surface area contributed by atoms with Crippen LogP contribution in [-0.4, -0.2) is 22.3 Å². The Bertz CT molecular complexity index is 515. The second-order valence-corrected chi connectivity index (χ2v) is 8.06. The summed E-state index contributed by atoms with van der Waals surface area (Å²) in [6.45, 7) is 10.6. The minimum absolute atomic E-state index is 0.0653. The molecule has 1 fully saturated rings. The van der Waals surface area contributed by atoms with E-state index < -0.39 is 0 Å². The van der Waals surface area contributed by atoms with E-state index in [2.05, 4.69) is 31.0 Å². The number of carbonyl (C=O) groups excluding carboxylic acids is 1. The van der Waals surface area contributed by atoms with Crippen LogP contribution in [0.15, 0.2) is 0 Å². The van der Waals surface area contributed by atoms with Crippen molar-refractivity contribution in [3.05, 3.63) is 17.0 Å². The van der Waals surface area contributed by atoms with Crippen LogP contribution >= 0.6 is 0 Å². The molecule has 2 atom stereocenters. The van der Waals surface area contributed by atoms with Crippen LogP contribution in [0, 0.1) is 31.6 Å². The minimum Gasteiger partial charge on any atom is -0.458 e. The molecule has 0 spiro atoms. The number of nitrogens with zero attached hydrogens (tertiary/aromatic N) is 1. The van der Waals surface area contributed by atoms with E-state index in [9.17, 15) is 4.79 Å². The van der Waals surface area contributed by atoms with Gasteiger partial charge in [-0.05, 0) is 57.3 Å². The van der Waals surface area contributed by atoms with Crippen LogP contribution in [0.3, 0.4) is 0 Å². The van der Waals surface area contributed by atoms with Crippen LogP contribution < -0.4 is 0 Å². The second-order valence-electron chi connectivity index (χ2n) is 8.06. The van der Waals surface area contributed by atoms with Gasteiger partial charge in [-0.25, -0.2) is 4.79 Å². The molecule has 2 rings (SSSR count). The van der Waals surface area contributed by atoms with E-state index in [0.29, 0.717) is 17.4 Å². The van der Waals surface area contributed by atoms with Crippen molar-refractivity contribution in [3.63, 3.8) is 0 Å². The maximum Gasteiger partial charge on any atom is 0.342 e. The summed E-state index contributed by atoms with van der Waals surface area (Å²) >= 11 is 0. The monoisotopic (exact) mass is 348 g/mol. The van der Waals surface area contributed by atoms with Gasteiger partial charge in [-0.15, -0.1) is 0 Å². The molecule has 1 aromatic rings. The number of H-pyrrole nitrogens is 1. The SMILES string of the molecule is CCCCC1CC(C)CC(CCCC)C1OC(=O)c1c(C)n[nH]c1C. The van der Waals surface area contributed by atoms with E-state index in [1.807, 2.05) is 13.8 Å². The Kier molecular flexibility index (Phi) is 7.52. The molecule has 1 heterocycles. The third kappa shape index (κ3) is 5.08. The zero-order valence-electron chi connectivity index (χ0n) is 16.7. The minimum atomic E-state index is -0.189. The highest BCUT2D eigenvalue weighted by atomic mass is 16.5. The molecule has 1 N–H and O–H groups in total. The molecular weight excluding hydrogens is 312 g/mol. The number of esters is 1. The maximum atomic E-state index is 12.9. The van der Waals surface area contributed by atoms with Crippen molar-refractivity contribution in [2.24, 2.45) is 17.8 Å². The molecule has 142 valence electrons. The van der Waals surface area contributed by atoms with Gasteiger partial charge in [0.25, 0.3) is 0 Å². The molecule has 0 aromatic carbocycles. The lowest BCUT2D eigenvalue weighted by Gasteiger charge is -2.41. The Morgan fingerprint density at radius 1 is 1.12 bits per heavy atom. The fourth-order valence-corrected chi connectivity index (χ4v) is 4.51. The normalized spacial score (nSPS) is 26.6. The molecule has 0 aliphatic heterocycles. The van der Waals surface area contributed by atoms with Crippen molar-refractivity contribution >= 4 is 5.97 Å². The van der Waals surface area contributed by atoms with Crippen molar-refractivity contribution < 1.29 is 9.53 Å². The van der Waals surface area contributed by atoms with Crippen molar-refractivity contribution in [1.29, 1.82) is 0 Å². The molecule has 0 radical (unpaired) electrons. The van der Waals surface area contributed by atoms with E-state index in [-0.39, 0.29) is 12.1 Å². The fourth-order valence-electron chi connectivity index (χ4n) is 4.51. The molecule has 25 heavy (non-hydrogen) atoms. The lowest BCUT2D eigenvalue weighted by molar-refractivity contribution is -0.0395. The molecule has 2 unspecified atom stereocenters. The molecule has 1 aromatic heterocycles. The summed E-state index contributed by atoms with van der Waals surface area (Å²) in [5.41, 5.74) is 2.17. The number of hydrogen-bond acceptors (Lipinski definition) is 3. The Hall–Kier alpha value is -1.32. The molecule has 0 saturated heterocycles. The Morgan fingerprint density at radius 2 is 1.68 bits per heavy atom. The molecule has 0 amide bonds. The number of carbonyl (C=O) groups is 1. The summed E-state index contributed by atoms with van der Waals surface area (Å²) in [4.78, 5) is 12.9. The van der Waals surface area contributed by atoms with Gasteiger partial charge in [0.15, 0.2) is 0 Å². The van der Waals surface area contributed by atoms with Crippen LogP contribution in [0.2, 0.25) is 0 Å². The van der Waals surface area contributed by atoms with Gasteiger partial charge in [0.1, 0.15) is 11.7 Å². The van der Waals surface area contributed by atoms with Crippen molar-refractivity contribution in [3.8, 4) is 0 Å². The van der Waals surface area contributed by atoms with Crippen LogP contribution in [0.1, 0.15) is 93.9 Å². The van der Waals surface area contributed by atoms with Gasteiger partial charge in [0, 0.05) is 5.69 Å². The average molecular weight is 349 g/mol. The zero-order valence-corrected chi connectivity index (χ0v) is 16.7. The van der Waals surface area contributed by atoms with Gasteiger partial charge in [-0.1, -0.05) is 46.5 Å². The second kappa shape index (κ2) is 9.40. The molecule has 1 saturated carbocycles. The third-order valence-electron chi connectivity index (χ3n) is 5.77. The first-order chi connectivity index (χ1) is 12.0. The molecule has 1 aliphatic carbocycles. The van der Waals surface area contributed by atoms with E-state index >= 15 is 0 Å². The largest absolute Gasteiger partial charge is 0.458 e. The Morgan fingerprint density at radius 3 is 2.12 bits per heavy atom. The number of nitrogens with one attached hydrogen (secondary N) is 1. The van der Waals surface area contributed by atoms with Gasteiger partial charge in [0.05, 0.1) is 5.69 Å². The Labute approximate surface area is 153 Å². The topological polar surface area (TPSA) is 55.0 Å². The van der Waals surface area contributed by atoms with Crippen LogP contribution in [0.5, 0.6) is 0 Å². The first-order valence-corrected chi connectivity index (χ1v) is 10.2. The van der Waals surface area contributed by atoms with Crippen molar-refractivity contribution in [2.45, 2.75) is 92.1 Å². The molecule has 4 nitrogen and oxygen atoms in total.